The number of halogens is 1. The molecule has 24 heavy (non-hydrogen) atoms. The monoisotopic (exact) mass is 339 g/mol. The lowest BCUT2D eigenvalue weighted by Crippen LogP contribution is -2.49. The molecule has 0 spiro atoms. The van der Waals surface area contributed by atoms with Gasteiger partial charge in [0.25, 0.3) is 0 Å². The van der Waals surface area contributed by atoms with Crippen molar-refractivity contribution in [3.8, 4) is 0 Å². The van der Waals surface area contributed by atoms with E-state index >= 15 is 0 Å². The molecular weight excluding hydrogens is 309 g/mol. The molecule has 0 aromatic rings. The van der Waals surface area contributed by atoms with Gasteiger partial charge in [0.2, 0.25) is 0 Å². The molecule has 8 unspecified atom stereocenters. The van der Waals surface area contributed by atoms with Crippen molar-refractivity contribution in [3.63, 3.8) is 0 Å². The predicted molar refractivity (Wildman–Crippen MR) is 88.2 cm³/mol. The Bertz CT molecular complexity index is 462. The Morgan fingerprint density at radius 1 is 0.917 bits per heavy atom. The summed E-state index contributed by atoms with van der Waals surface area (Å²) in [6, 6.07) is 0.656. The number of alkyl halides is 1. The number of ether oxygens (including phenoxy) is 2. The van der Waals surface area contributed by atoms with Crippen LogP contribution in [0.2, 0.25) is 0 Å². The second kappa shape index (κ2) is 6.47. The van der Waals surface area contributed by atoms with E-state index in [1.165, 1.54) is 0 Å². The summed E-state index contributed by atoms with van der Waals surface area (Å²) >= 11 is 0. The molecule has 0 amide bonds. The van der Waals surface area contributed by atoms with Gasteiger partial charge in [0.15, 0.2) is 0 Å². The highest BCUT2D eigenvalue weighted by molar-refractivity contribution is 5.02. The van der Waals surface area contributed by atoms with Crippen molar-refractivity contribution in [1.82, 2.24) is 16.0 Å². The summed E-state index contributed by atoms with van der Waals surface area (Å²) in [5, 5.41) is 10.5. The average molecular weight is 339 g/mol. The van der Waals surface area contributed by atoms with Crippen LogP contribution in [0.5, 0.6) is 0 Å². The molecule has 0 aromatic carbocycles. The number of rotatable bonds is 3. The van der Waals surface area contributed by atoms with E-state index in [2.05, 4.69) is 16.0 Å². The zero-order valence-electron chi connectivity index (χ0n) is 14.3. The lowest BCUT2D eigenvalue weighted by Gasteiger charge is -2.39. The molecule has 5 fully saturated rings. The molecule has 1 aliphatic carbocycles. The standard InChI is InChI=1S/C18H30FN3O2/c19-13-9-11(1-2-12(13)10-5-7-20-8-6-10)21-14-3-4-15-17(23-15)22-18-16(14)24-18/h10-18,20-22H,1-9H2. The Labute approximate surface area is 143 Å². The minimum absolute atomic E-state index is 0.144. The Balaban J connectivity index is 1.14. The van der Waals surface area contributed by atoms with Crippen molar-refractivity contribution < 1.29 is 13.9 Å². The van der Waals surface area contributed by atoms with E-state index in [-0.39, 0.29) is 24.5 Å². The van der Waals surface area contributed by atoms with Crippen LogP contribution < -0.4 is 16.0 Å². The normalized spacial score (nSPS) is 51.9. The molecule has 5 nitrogen and oxygen atoms in total. The van der Waals surface area contributed by atoms with Gasteiger partial charge in [-0.2, -0.15) is 0 Å². The molecule has 0 aromatic heterocycles. The van der Waals surface area contributed by atoms with E-state index in [0.717, 1.165) is 51.6 Å². The summed E-state index contributed by atoms with van der Waals surface area (Å²) in [6.07, 6.45) is 7.61. The highest BCUT2D eigenvalue weighted by Gasteiger charge is 2.53. The van der Waals surface area contributed by atoms with Crippen molar-refractivity contribution >= 4 is 0 Å². The highest BCUT2D eigenvalue weighted by atomic mass is 19.1. The van der Waals surface area contributed by atoms with E-state index in [1.54, 1.807) is 0 Å². The summed E-state index contributed by atoms with van der Waals surface area (Å²) in [5.41, 5.74) is 0. The Morgan fingerprint density at radius 3 is 2.62 bits per heavy atom. The molecule has 4 aliphatic heterocycles. The SMILES string of the molecule is FC1CC(NC2CCC3OC3NC3OC23)CCC1C1CCNCC1. The Morgan fingerprint density at radius 2 is 1.79 bits per heavy atom. The fraction of sp³-hybridized carbons (Fsp3) is 1.00. The van der Waals surface area contributed by atoms with Crippen LogP contribution in [0, 0.1) is 11.8 Å². The van der Waals surface area contributed by atoms with Crippen molar-refractivity contribution in [1.29, 1.82) is 0 Å². The molecule has 0 bridgehead atoms. The van der Waals surface area contributed by atoms with Crippen molar-refractivity contribution in [2.24, 2.45) is 11.8 Å². The Kier molecular flexibility index (Phi) is 4.30. The summed E-state index contributed by atoms with van der Waals surface area (Å²) in [4.78, 5) is 0. The first-order valence-electron chi connectivity index (χ1n) is 9.96. The van der Waals surface area contributed by atoms with Gasteiger partial charge >= 0.3 is 0 Å². The van der Waals surface area contributed by atoms with Crippen LogP contribution >= 0.6 is 0 Å². The fourth-order valence-corrected chi connectivity index (χ4v) is 5.32. The van der Waals surface area contributed by atoms with Crippen LogP contribution in [0.1, 0.15) is 44.9 Å². The second-order valence-electron chi connectivity index (χ2n) is 8.41. The molecule has 8 atom stereocenters. The van der Waals surface area contributed by atoms with Gasteiger partial charge in [-0.1, -0.05) is 0 Å². The van der Waals surface area contributed by atoms with Gasteiger partial charge in [0.05, 0.1) is 6.10 Å². The molecule has 6 heteroatoms. The van der Waals surface area contributed by atoms with Gasteiger partial charge in [-0.05, 0) is 69.9 Å². The summed E-state index contributed by atoms with van der Waals surface area (Å²) in [6.45, 7) is 2.13. The van der Waals surface area contributed by atoms with Gasteiger partial charge in [-0.3, -0.25) is 5.32 Å². The molecule has 0 radical (unpaired) electrons. The maximum absolute atomic E-state index is 14.8. The molecule has 5 aliphatic rings. The number of piperidine rings is 1. The van der Waals surface area contributed by atoms with Gasteiger partial charge in [-0.25, -0.2) is 4.39 Å². The van der Waals surface area contributed by atoms with Crippen LogP contribution in [-0.4, -0.2) is 56.0 Å². The van der Waals surface area contributed by atoms with Crippen LogP contribution in [0.3, 0.4) is 0 Å². The maximum atomic E-state index is 14.8. The zero-order valence-corrected chi connectivity index (χ0v) is 14.3. The molecule has 5 rings (SSSR count). The first-order chi connectivity index (χ1) is 11.8. The third-order valence-electron chi connectivity index (χ3n) is 6.86. The maximum Gasteiger partial charge on any atom is 0.138 e. The van der Waals surface area contributed by atoms with Crippen molar-refractivity contribution in [2.45, 2.75) is 87.9 Å². The summed E-state index contributed by atoms with van der Waals surface area (Å²) in [7, 11) is 0. The van der Waals surface area contributed by atoms with E-state index in [9.17, 15) is 4.39 Å². The predicted octanol–water partition coefficient (Wildman–Crippen LogP) is 1.28. The zero-order chi connectivity index (χ0) is 16.1. The molecule has 4 heterocycles. The van der Waals surface area contributed by atoms with Gasteiger partial charge in [0, 0.05) is 12.1 Å². The lowest BCUT2D eigenvalue weighted by molar-refractivity contribution is 0.0752. The number of hydrogen-bond donors (Lipinski definition) is 3. The summed E-state index contributed by atoms with van der Waals surface area (Å²) in [5.74, 6) is 0.877. The third-order valence-corrected chi connectivity index (χ3v) is 6.86. The minimum Gasteiger partial charge on any atom is -0.353 e. The quantitative estimate of drug-likeness (QED) is 0.676. The number of hydrogen-bond acceptors (Lipinski definition) is 5. The van der Waals surface area contributed by atoms with Gasteiger partial charge in [0.1, 0.15) is 24.7 Å². The third kappa shape index (κ3) is 3.23. The number of nitrogens with one attached hydrogen (secondary N) is 3. The largest absolute Gasteiger partial charge is 0.353 e. The van der Waals surface area contributed by atoms with E-state index in [1.807, 2.05) is 0 Å². The number of fused-ring (bicyclic) bond motifs is 2. The molecular formula is C18H30FN3O2. The first-order valence-corrected chi connectivity index (χ1v) is 9.96. The van der Waals surface area contributed by atoms with E-state index in [0.29, 0.717) is 30.5 Å². The van der Waals surface area contributed by atoms with Crippen LogP contribution in [0.25, 0.3) is 0 Å². The minimum atomic E-state index is -0.641. The number of epoxide rings is 2. The fourth-order valence-electron chi connectivity index (χ4n) is 5.32. The van der Waals surface area contributed by atoms with Gasteiger partial charge in [-0.15, -0.1) is 0 Å². The second-order valence-corrected chi connectivity index (χ2v) is 8.41. The first kappa shape index (κ1) is 15.9. The Hall–Kier alpha value is -0.270. The molecule has 136 valence electrons. The van der Waals surface area contributed by atoms with E-state index in [4.69, 9.17) is 9.47 Å². The lowest BCUT2D eigenvalue weighted by atomic mass is 9.73. The van der Waals surface area contributed by atoms with Crippen molar-refractivity contribution in [2.75, 3.05) is 13.1 Å². The highest BCUT2D eigenvalue weighted by Crippen LogP contribution is 2.39. The average Bonchev–Trinajstić information content (AvgIpc) is 3.50. The van der Waals surface area contributed by atoms with E-state index < -0.39 is 6.17 Å². The molecule has 4 saturated heterocycles. The molecule has 1 saturated carbocycles. The smallest absolute Gasteiger partial charge is 0.138 e. The van der Waals surface area contributed by atoms with Gasteiger partial charge < -0.3 is 20.1 Å². The summed E-state index contributed by atoms with van der Waals surface area (Å²) < 4.78 is 26.2. The topological polar surface area (TPSA) is 61.1 Å². The van der Waals surface area contributed by atoms with Crippen LogP contribution in [0.15, 0.2) is 0 Å². The van der Waals surface area contributed by atoms with Crippen molar-refractivity contribution in [3.05, 3.63) is 0 Å². The van der Waals surface area contributed by atoms with Crippen LogP contribution in [-0.2, 0) is 9.47 Å². The molecule has 3 N–H and O–H groups in total. The van der Waals surface area contributed by atoms with Crippen LogP contribution in [0.4, 0.5) is 4.39 Å².